The van der Waals surface area contributed by atoms with E-state index in [9.17, 15) is 5.11 Å². The van der Waals surface area contributed by atoms with Gasteiger partial charge in [-0.1, -0.05) is 29.8 Å². The second-order valence-electron chi connectivity index (χ2n) is 5.11. The average Bonchev–Trinajstić information content (AvgIpc) is 2.48. The number of benzene rings is 2. The van der Waals surface area contributed by atoms with Gasteiger partial charge in [0.25, 0.3) is 0 Å². The Morgan fingerprint density at radius 1 is 1.00 bits per heavy atom. The van der Waals surface area contributed by atoms with E-state index in [-0.39, 0.29) is 0 Å². The molecule has 0 saturated carbocycles. The number of halogens is 1. The van der Waals surface area contributed by atoms with E-state index in [4.69, 9.17) is 21.1 Å². The van der Waals surface area contributed by atoms with Gasteiger partial charge in [-0.3, -0.25) is 0 Å². The molecule has 112 valence electrons. The van der Waals surface area contributed by atoms with Crippen molar-refractivity contribution < 1.29 is 14.6 Å². The highest BCUT2D eigenvalue weighted by atomic mass is 35.5. The van der Waals surface area contributed by atoms with Crippen LogP contribution in [-0.4, -0.2) is 19.3 Å². The van der Waals surface area contributed by atoms with E-state index in [1.807, 2.05) is 42.5 Å². The SMILES string of the molecule is COc1cccc(OC)c1C(C)(O)Cc1ccc(Cl)cc1. The molecule has 0 spiro atoms. The Labute approximate surface area is 130 Å². The monoisotopic (exact) mass is 306 g/mol. The molecule has 0 aliphatic carbocycles. The molecule has 1 N–H and O–H groups in total. The maximum atomic E-state index is 10.9. The molecule has 0 heterocycles. The third kappa shape index (κ3) is 3.49. The minimum atomic E-state index is -1.12. The molecule has 21 heavy (non-hydrogen) atoms. The van der Waals surface area contributed by atoms with Crippen molar-refractivity contribution in [1.82, 2.24) is 0 Å². The van der Waals surface area contributed by atoms with Crippen LogP contribution in [-0.2, 0) is 12.0 Å². The fourth-order valence-corrected chi connectivity index (χ4v) is 2.60. The molecule has 0 aromatic heterocycles. The first-order valence-corrected chi connectivity index (χ1v) is 7.04. The van der Waals surface area contributed by atoms with E-state index in [2.05, 4.69) is 0 Å². The van der Waals surface area contributed by atoms with E-state index in [0.29, 0.717) is 28.5 Å². The van der Waals surface area contributed by atoms with Crippen molar-refractivity contribution in [3.8, 4) is 11.5 Å². The number of rotatable bonds is 5. The molecule has 0 aliphatic heterocycles. The summed E-state index contributed by atoms with van der Waals surface area (Å²) in [6, 6.07) is 12.9. The zero-order chi connectivity index (χ0) is 15.5. The first kappa shape index (κ1) is 15.7. The highest BCUT2D eigenvalue weighted by Gasteiger charge is 2.30. The summed E-state index contributed by atoms with van der Waals surface area (Å²) in [6.45, 7) is 1.75. The maximum Gasteiger partial charge on any atom is 0.128 e. The fraction of sp³-hybridized carbons (Fsp3) is 0.294. The number of methoxy groups -OCH3 is 2. The summed E-state index contributed by atoms with van der Waals surface area (Å²) in [5.41, 5.74) is 0.508. The Bertz CT molecular complexity index is 584. The molecule has 0 aliphatic rings. The lowest BCUT2D eigenvalue weighted by molar-refractivity contribution is 0.0522. The summed E-state index contributed by atoms with van der Waals surface area (Å²) >= 11 is 5.89. The van der Waals surface area contributed by atoms with Crippen LogP contribution in [0.4, 0.5) is 0 Å². The van der Waals surface area contributed by atoms with E-state index < -0.39 is 5.60 Å². The van der Waals surface area contributed by atoms with Crippen molar-refractivity contribution in [3.05, 3.63) is 58.6 Å². The van der Waals surface area contributed by atoms with Crippen LogP contribution in [0, 0.1) is 0 Å². The van der Waals surface area contributed by atoms with Gasteiger partial charge in [-0.25, -0.2) is 0 Å². The largest absolute Gasteiger partial charge is 0.496 e. The standard InChI is InChI=1S/C17H19ClO3/c1-17(19,11-12-7-9-13(18)10-8-12)16-14(20-2)5-4-6-15(16)21-3/h4-10,19H,11H2,1-3H3. The smallest absolute Gasteiger partial charge is 0.128 e. The van der Waals surface area contributed by atoms with Crippen molar-refractivity contribution in [1.29, 1.82) is 0 Å². The summed E-state index contributed by atoms with van der Waals surface area (Å²) in [5.74, 6) is 1.21. The van der Waals surface area contributed by atoms with Crippen molar-refractivity contribution in [3.63, 3.8) is 0 Å². The molecule has 0 fully saturated rings. The first-order chi connectivity index (χ1) is 9.97. The Morgan fingerprint density at radius 3 is 2.00 bits per heavy atom. The second-order valence-corrected chi connectivity index (χ2v) is 5.55. The molecule has 0 radical (unpaired) electrons. The van der Waals surface area contributed by atoms with Crippen molar-refractivity contribution in [2.75, 3.05) is 14.2 Å². The van der Waals surface area contributed by atoms with Gasteiger partial charge in [0.15, 0.2) is 0 Å². The number of hydrogen-bond acceptors (Lipinski definition) is 3. The van der Waals surface area contributed by atoms with Crippen LogP contribution in [0.2, 0.25) is 5.02 Å². The van der Waals surface area contributed by atoms with E-state index in [1.165, 1.54) is 0 Å². The predicted octanol–water partition coefficient (Wildman–Crippen LogP) is 3.81. The summed E-state index contributed by atoms with van der Waals surface area (Å²) < 4.78 is 10.7. The molecule has 1 unspecified atom stereocenters. The topological polar surface area (TPSA) is 38.7 Å². The summed E-state index contributed by atoms with van der Waals surface area (Å²) in [4.78, 5) is 0. The lowest BCUT2D eigenvalue weighted by atomic mass is 9.87. The molecular formula is C17H19ClO3. The van der Waals surface area contributed by atoms with Gasteiger partial charge < -0.3 is 14.6 Å². The van der Waals surface area contributed by atoms with Gasteiger partial charge in [-0.2, -0.15) is 0 Å². The van der Waals surface area contributed by atoms with Gasteiger partial charge in [0.1, 0.15) is 11.5 Å². The molecule has 4 heteroatoms. The van der Waals surface area contributed by atoms with Crippen LogP contribution in [0.3, 0.4) is 0 Å². The second kappa shape index (κ2) is 6.37. The highest BCUT2D eigenvalue weighted by Crippen LogP contribution is 2.39. The van der Waals surface area contributed by atoms with Crippen molar-refractivity contribution in [2.24, 2.45) is 0 Å². The summed E-state index contributed by atoms with van der Waals surface area (Å²) in [6.07, 6.45) is 0.431. The first-order valence-electron chi connectivity index (χ1n) is 6.66. The molecule has 3 nitrogen and oxygen atoms in total. The fourth-order valence-electron chi connectivity index (χ4n) is 2.47. The molecule has 0 amide bonds. The van der Waals surface area contributed by atoms with E-state index >= 15 is 0 Å². The van der Waals surface area contributed by atoms with Gasteiger partial charge in [0.05, 0.1) is 25.4 Å². The Hall–Kier alpha value is -1.71. The van der Waals surface area contributed by atoms with Crippen LogP contribution in [0.5, 0.6) is 11.5 Å². The molecular weight excluding hydrogens is 288 g/mol. The quantitative estimate of drug-likeness (QED) is 0.913. The lowest BCUT2D eigenvalue weighted by Gasteiger charge is -2.27. The van der Waals surface area contributed by atoms with Crippen LogP contribution >= 0.6 is 11.6 Å². The van der Waals surface area contributed by atoms with Gasteiger partial charge in [-0.05, 0) is 36.8 Å². The highest BCUT2D eigenvalue weighted by molar-refractivity contribution is 6.30. The molecule has 0 saturated heterocycles. The normalized spacial score (nSPS) is 13.6. The number of aliphatic hydroxyl groups is 1. The molecule has 2 aromatic carbocycles. The van der Waals surface area contributed by atoms with Crippen molar-refractivity contribution >= 4 is 11.6 Å². The Morgan fingerprint density at radius 2 is 1.52 bits per heavy atom. The molecule has 1 atom stereocenters. The van der Waals surface area contributed by atoms with Crippen molar-refractivity contribution in [2.45, 2.75) is 18.9 Å². The predicted molar refractivity (Wildman–Crippen MR) is 84.3 cm³/mol. The maximum absolute atomic E-state index is 10.9. The zero-order valence-electron chi connectivity index (χ0n) is 12.4. The van der Waals surface area contributed by atoms with Gasteiger partial charge in [0, 0.05) is 11.4 Å². The lowest BCUT2D eigenvalue weighted by Crippen LogP contribution is -2.25. The molecule has 2 aromatic rings. The van der Waals surface area contributed by atoms with Crippen LogP contribution in [0.1, 0.15) is 18.1 Å². The van der Waals surface area contributed by atoms with Crippen LogP contribution in [0.15, 0.2) is 42.5 Å². The van der Waals surface area contributed by atoms with E-state index in [1.54, 1.807) is 21.1 Å². The van der Waals surface area contributed by atoms with Gasteiger partial charge in [-0.15, -0.1) is 0 Å². The van der Waals surface area contributed by atoms with Crippen LogP contribution < -0.4 is 9.47 Å². The van der Waals surface area contributed by atoms with Crippen LogP contribution in [0.25, 0.3) is 0 Å². The number of ether oxygens (including phenoxy) is 2. The molecule has 2 rings (SSSR count). The average molecular weight is 307 g/mol. The van der Waals surface area contributed by atoms with E-state index in [0.717, 1.165) is 5.56 Å². The molecule has 0 bridgehead atoms. The Kier molecular flexibility index (Phi) is 4.76. The minimum absolute atomic E-state index is 0.431. The Balaban J connectivity index is 2.40. The number of hydrogen-bond donors (Lipinski definition) is 1. The summed E-state index contributed by atoms with van der Waals surface area (Å²) in [5, 5.41) is 11.6. The zero-order valence-corrected chi connectivity index (χ0v) is 13.1. The van der Waals surface area contributed by atoms with Gasteiger partial charge >= 0.3 is 0 Å². The third-order valence-corrected chi connectivity index (χ3v) is 3.68. The van der Waals surface area contributed by atoms with Gasteiger partial charge in [0.2, 0.25) is 0 Å². The third-order valence-electron chi connectivity index (χ3n) is 3.43. The summed E-state index contributed by atoms with van der Waals surface area (Å²) in [7, 11) is 3.16. The minimum Gasteiger partial charge on any atom is -0.496 e.